The highest BCUT2D eigenvalue weighted by Crippen LogP contribution is 2.15. The van der Waals surface area contributed by atoms with Gasteiger partial charge in [0.25, 0.3) is 0 Å². The molecule has 1 rings (SSSR count). The maximum Gasteiger partial charge on any atom is 0.333 e. The van der Waals surface area contributed by atoms with Gasteiger partial charge >= 0.3 is 6.03 Å². The Kier molecular flexibility index (Phi) is 4.93. The van der Waals surface area contributed by atoms with E-state index in [1.807, 2.05) is 31.3 Å². The predicted octanol–water partition coefficient (Wildman–Crippen LogP) is 1.57. The van der Waals surface area contributed by atoms with E-state index in [0.717, 1.165) is 5.69 Å². The monoisotopic (exact) mass is 236 g/mol. The molecule has 0 radical (unpaired) electrons. The van der Waals surface area contributed by atoms with Gasteiger partial charge in [0.2, 0.25) is 0 Å². The third-order valence-electron chi connectivity index (χ3n) is 2.43. The van der Waals surface area contributed by atoms with Crippen LogP contribution in [0.15, 0.2) is 24.3 Å². The molecule has 0 saturated carbocycles. The predicted molar refractivity (Wildman–Crippen MR) is 69.8 cm³/mol. The molecule has 0 saturated heterocycles. The number of hydrazine groups is 1. The van der Waals surface area contributed by atoms with Crippen molar-refractivity contribution in [3.63, 3.8) is 0 Å². The highest BCUT2D eigenvalue weighted by Gasteiger charge is 2.04. The van der Waals surface area contributed by atoms with E-state index in [1.165, 1.54) is 5.56 Å². The maximum absolute atomic E-state index is 11.4. The number of carbonyl (C=O) groups is 1. The lowest BCUT2D eigenvalue weighted by atomic mass is 10.1. The number of nitrogens with zero attached hydrogens (tertiary/aromatic N) is 1. The molecule has 5 heteroatoms. The molecule has 0 heterocycles. The summed E-state index contributed by atoms with van der Waals surface area (Å²) in [5.74, 6) is 0. The van der Waals surface area contributed by atoms with Crippen LogP contribution in [0.3, 0.4) is 0 Å². The second-order valence-corrected chi connectivity index (χ2v) is 4.09. The number of urea groups is 1. The zero-order valence-corrected chi connectivity index (χ0v) is 10.7. The van der Waals surface area contributed by atoms with Crippen molar-refractivity contribution in [1.82, 2.24) is 15.8 Å². The molecule has 0 aliphatic rings. The first kappa shape index (κ1) is 13.5. The number of hydrogen-bond donors (Lipinski definition) is 3. The molecular formula is C12H20N4O. The van der Waals surface area contributed by atoms with Gasteiger partial charge in [0.15, 0.2) is 0 Å². The molecule has 1 aromatic rings. The Morgan fingerprint density at radius 3 is 2.29 bits per heavy atom. The molecule has 0 bridgehead atoms. The number of nitrogens with one attached hydrogen (secondary N) is 3. The fraction of sp³-hybridized carbons (Fsp3) is 0.417. The van der Waals surface area contributed by atoms with E-state index in [0.29, 0.717) is 6.04 Å². The van der Waals surface area contributed by atoms with E-state index in [9.17, 15) is 4.79 Å². The third-order valence-corrected chi connectivity index (χ3v) is 2.43. The average molecular weight is 236 g/mol. The van der Waals surface area contributed by atoms with Gasteiger partial charge in [0.05, 0.1) is 0 Å². The van der Waals surface area contributed by atoms with E-state index in [2.05, 4.69) is 23.0 Å². The summed E-state index contributed by atoms with van der Waals surface area (Å²) in [6.07, 6.45) is 0. The molecule has 1 atom stereocenters. The van der Waals surface area contributed by atoms with Crippen molar-refractivity contribution in [2.75, 3.05) is 26.5 Å². The van der Waals surface area contributed by atoms with Gasteiger partial charge in [0.1, 0.15) is 0 Å². The quantitative estimate of drug-likeness (QED) is 0.695. The summed E-state index contributed by atoms with van der Waals surface area (Å²) in [6, 6.07) is 7.82. The fourth-order valence-corrected chi connectivity index (χ4v) is 1.38. The zero-order valence-electron chi connectivity index (χ0n) is 10.7. The normalized spacial score (nSPS) is 12.3. The van der Waals surface area contributed by atoms with Gasteiger partial charge in [-0.3, -0.25) is 5.43 Å². The topological polar surface area (TPSA) is 56.4 Å². The Morgan fingerprint density at radius 1 is 1.24 bits per heavy atom. The number of rotatable bonds is 4. The van der Waals surface area contributed by atoms with Crippen molar-refractivity contribution >= 4 is 11.7 Å². The Bertz CT molecular complexity index is 361. The molecule has 0 aliphatic carbocycles. The lowest BCUT2D eigenvalue weighted by Gasteiger charge is -2.14. The van der Waals surface area contributed by atoms with Gasteiger partial charge in [-0.2, -0.15) is 0 Å². The Morgan fingerprint density at radius 2 is 1.82 bits per heavy atom. The summed E-state index contributed by atoms with van der Waals surface area (Å²) < 4.78 is 0. The van der Waals surface area contributed by atoms with Crippen LogP contribution in [0.1, 0.15) is 18.5 Å². The van der Waals surface area contributed by atoms with E-state index >= 15 is 0 Å². The fourth-order valence-electron chi connectivity index (χ4n) is 1.38. The molecule has 5 nitrogen and oxygen atoms in total. The first-order chi connectivity index (χ1) is 8.02. The first-order valence-corrected chi connectivity index (χ1v) is 5.55. The van der Waals surface area contributed by atoms with Crippen LogP contribution >= 0.6 is 0 Å². The van der Waals surface area contributed by atoms with Gasteiger partial charge in [-0.15, -0.1) is 0 Å². The molecule has 94 valence electrons. The first-order valence-electron chi connectivity index (χ1n) is 5.55. The minimum Gasteiger partial charge on any atom is -0.313 e. The molecule has 0 aliphatic heterocycles. The van der Waals surface area contributed by atoms with Crippen molar-refractivity contribution in [2.45, 2.75) is 13.0 Å². The number of carbonyl (C=O) groups excluding carboxylic acids is 1. The van der Waals surface area contributed by atoms with E-state index in [1.54, 1.807) is 19.1 Å². The van der Waals surface area contributed by atoms with Crippen LogP contribution in [0.5, 0.6) is 0 Å². The molecule has 0 aromatic heterocycles. The molecular weight excluding hydrogens is 216 g/mol. The van der Waals surface area contributed by atoms with Crippen LogP contribution in [-0.4, -0.2) is 32.2 Å². The maximum atomic E-state index is 11.4. The number of hydrogen-bond acceptors (Lipinski definition) is 3. The molecule has 1 unspecified atom stereocenters. The molecule has 1 aromatic carbocycles. The molecule has 2 amide bonds. The highest BCUT2D eigenvalue weighted by atomic mass is 16.2. The SMILES string of the molecule is CNC(C)c1ccc(NC(=O)NN(C)C)cc1. The van der Waals surface area contributed by atoms with Crippen LogP contribution < -0.4 is 16.1 Å². The summed E-state index contributed by atoms with van der Waals surface area (Å²) in [5.41, 5.74) is 4.57. The Hall–Kier alpha value is -1.59. The van der Waals surface area contributed by atoms with Crippen LogP contribution in [0.4, 0.5) is 10.5 Å². The molecule has 17 heavy (non-hydrogen) atoms. The number of benzene rings is 1. The summed E-state index contributed by atoms with van der Waals surface area (Å²) in [5, 5.41) is 7.50. The summed E-state index contributed by atoms with van der Waals surface area (Å²) in [4.78, 5) is 11.4. The van der Waals surface area contributed by atoms with E-state index in [-0.39, 0.29) is 6.03 Å². The summed E-state index contributed by atoms with van der Waals surface area (Å²) in [7, 11) is 5.44. The van der Waals surface area contributed by atoms with Crippen molar-refractivity contribution in [2.24, 2.45) is 0 Å². The smallest absolute Gasteiger partial charge is 0.313 e. The van der Waals surface area contributed by atoms with Crippen molar-refractivity contribution in [3.8, 4) is 0 Å². The zero-order chi connectivity index (χ0) is 12.8. The number of amides is 2. The van der Waals surface area contributed by atoms with Crippen molar-refractivity contribution in [1.29, 1.82) is 0 Å². The largest absolute Gasteiger partial charge is 0.333 e. The van der Waals surface area contributed by atoms with Gasteiger partial charge in [-0.25, -0.2) is 9.80 Å². The summed E-state index contributed by atoms with van der Waals surface area (Å²) in [6.45, 7) is 2.08. The van der Waals surface area contributed by atoms with Gasteiger partial charge < -0.3 is 10.6 Å². The minimum atomic E-state index is -0.246. The van der Waals surface area contributed by atoms with Gasteiger partial charge in [-0.05, 0) is 31.7 Å². The number of anilines is 1. The lowest BCUT2D eigenvalue weighted by Crippen LogP contribution is -2.39. The van der Waals surface area contributed by atoms with Crippen LogP contribution in [0, 0.1) is 0 Å². The Labute approximate surface area is 102 Å². The average Bonchev–Trinajstić information content (AvgIpc) is 2.28. The highest BCUT2D eigenvalue weighted by molar-refractivity contribution is 5.88. The third kappa shape index (κ3) is 4.42. The van der Waals surface area contributed by atoms with Crippen LogP contribution in [-0.2, 0) is 0 Å². The standard InChI is InChI=1S/C12H20N4O/c1-9(13-2)10-5-7-11(8-6-10)14-12(17)15-16(3)4/h5-9,13H,1-4H3,(H2,14,15,17). The van der Waals surface area contributed by atoms with Crippen LogP contribution in [0.25, 0.3) is 0 Å². The molecule has 0 spiro atoms. The molecule has 0 fully saturated rings. The van der Waals surface area contributed by atoms with Crippen molar-refractivity contribution < 1.29 is 4.79 Å². The van der Waals surface area contributed by atoms with Crippen molar-refractivity contribution in [3.05, 3.63) is 29.8 Å². The lowest BCUT2D eigenvalue weighted by molar-refractivity contribution is 0.224. The minimum absolute atomic E-state index is 0.246. The second-order valence-electron chi connectivity index (χ2n) is 4.09. The molecule has 3 N–H and O–H groups in total. The second kappa shape index (κ2) is 6.22. The summed E-state index contributed by atoms with van der Waals surface area (Å²) >= 11 is 0. The van der Waals surface area contributed by atoms with E-state index in [4.69, 9.17) is 0 Å². The van der Waals surface area contributed by atoms with Crippen LogP contribution in [0.2, 0.25) is 0 Å². The van der Waals surface area contributed by atoms with E-state index < -0.39 is 0 Å². The Balaban J connectivity index is 2.59. The van der Waals surface area contributed by atoms with Gasteiger partial charge in [-0.1, -0.05) is 12.1 Å². The van der Waals surface area contributed by atoms with Gasteiger partial charge in [0, 0.05) is 25.8 Å².